The zero-order valence-corrected chi connectivity index (χ0v) is 6.73. The number of rotatable bonds is 3. The topological polar surface area (TPSA) is 46.5 Å². The minimum absolute atomic E-state index is 0.231. The quantitative estimate of drug-likeness (QED) is 0.505. The van der Waals surface area contributed by atoms with E-state index in [2.05, 4.69) is 5.18 Å². The summed E-state index contributed by atoms with van der Waals surface area (Å²) in [5, 5.41) is 2.67. The molecule has 1 aromatic rings. The Kier molecular flexibility index (Phi) is 2.69. The highest BCUT2D eigenvalue weighted by Gasteiger charge is 2.13. The second-order valence-corrected chi connectivity index (χ2v) is 2.51. The van der Waals surface area contributed by atoms with Crippen LogP contribution < -0.4 is 0 Å². The molecule has 0 fully saturated rings. The lowest BCUT2D eigenvalue weighted by atomic mass is 10.1. The Morgan fingerprint density at radius 2 is 1.92 bits per heavy atom. The van der Waals surface area contributed by atoms with E-state index in [1.165, 1.54) is 6.92 Å². The van der Waals surface area contributed by atoms with E-state index in [0.717, 1.165) is 0 Å². The van der Waals surface area contributed by atoms with Gasteiger partial charge in [-0.15, -0.1) is 0 Å². The average molecular weight is 163 g/mol. The van der Waals surface area contributed by atoms with Crippen LogP contribution in [0, 0.1) is 4.91 Å². The maximum absolute atomic E-state index is 11.3. The maximum atomic E-state index is 11.3. The number of hydrogen-bond acceptors (Lipinski definition) is 3. The summed E-state index contributed by atoms with van der Waals surface area (Å²) in [7, 11) is 0. The first-order valence-electron chi connectivity index (χ1n) is 3.67. The molecule has 1 unspecified atom stereocenters. The number of ketones is 1. The zero-order valence-electron chi connectivity index (χ0n) is 6.73. The van der Waals surface area contributed by atoms with E-state index < -0.39 is 6.04 Å². The van der Waals surface area contributed by atoms with Crippen LogP contribution in [0.5, 0.6) is 0 Å². The second-order valence-electron chi connectivity index (χ2n) is 2.51. The number of hydrogen-bond donors (Lipinski definition) is 0. The van der Waals surface area contributed by atoms with Gasteiger partial charge in [-0.05, 0) is 6.92 Å². The van der Waals surface area contributed by atoms with Gasteiger partial charge in [-0.2, -0.15) is 4.91 Å². The minimum atomic E-state index is -0.785. The third-order valence-electron chi connectivity index (χ3n) is 1.60. The fourth-order valence-electron chi connectivity index (χ4n) is 0.891. The Morgan fingerprint density at radius 1 is 1.33 bits per heavy atom. The number of nitrogens with zero attached hydrogens (tertiary/aromatic N) is 1. The standard InChI is InChI=1S/C9H9NO2/c1-7(10-12)9(11)8-5-3-2-4-6-8/h2-7H,1H3. The van der Waals surface area contributed by atoms with Crippen LogP contribution in [0.1, 0.15) is 17.3 Å². The van der Waals surface area contributed by atoms with Crippen molar-refractivity contribution in [1.29, 1.82) is 0 Å². The molecule has 0 aliphatic rings. The first-order valence-corrected chi connectivity index (χ1v) is 3.67. The molecule has 3 nitrogen and oxygen atoms in total. The first kappa shape index (κ1) is 8.59. The molecule has 0 saturated heterocycles. The van der Waals surface area contributed by atoms with Crippen molar-refractivity contribution in [3.63, 3.8) is 0 Å². The normalized spacial score (nSPS) is 12.1. The van der Waals surface area contributed by atoms with Crippen LogP contribution in [0.3, 0.4) is 0 Å². The molecular formula is C9H9NO2. The summed E-state index contributed by atoms with van der Waals surface area (Å²) >= 11 is 0. The maximum Gasteiger partial charge on any atom is 0.190 e. The number of nitroso groups, excluding NO2 is 1. The van der Waals surface area contributed by atoms with Crippen molar-refractivity contribution in [2.75, 3.05) is 0 Å². The monoisotopic (exact) mass is 163 g/mol. The summed E-state index contributed by atoms with van der Waals surface area (Å²) in [5.74, 6) is -0.231. The summed E-state index contributed by atoms with van der Waals surface area (Å²) in [6.07, 6.45) is 0. The van der Waals surface area contributed by atoms with Crippen molar-refractivity contribution >= 4 is 5.78 Å². The highest BCUT2D eigenvalue weighted by atomic mass is 16.3. The van der Waals surface area contributed by atoms with Crippen molar-refractivity contribution in [2.45, 2.75) is 13.0 Å². The molecule has 1 atom stereocenters. The van der Waals surface area contributed by atoms with E-state index in [-0.39, 0.29) is 5.78 Å². The molecule has 0 amide bonds. The van der Waals surface area contributed by atoms with Crippen LogP contribution in [0.2, 0.25) is 0 Å². The van der Waals surface area contributed by atoms with Gasteiger partial charge < -0.3 is 0 Å². The predicted molar refractivity (Wildman–Crippen MR) is 46.0 cm³/mol. The Balaban J connectivity index is 2.85. The SMILES string of the molecule is CC(N=O)C(=O)c1ccccc1. The van der Waals surface area contributed by atoms with E-state index >= 15 is 0 Å². The molecule has 0 aliphatic carbocycles. The van der Waals surface area contributed by atoms with Crippen molar-refractivity contribution in [1.82, 2.24) is 0 Å². The van der Waals surface area contributed by atoms with Gasteiger partial charge in [0.2, 0.25) is 0 Å². The molecule has 0 saturated carbocycles. The van der Waals surface area contributed by atoms with Crippen LogP contribution in [0.15, 0.2) is 35.5 Å². The van der Waals surface area contributed by atoms with E-state index in [4.69, 9.17) is 0 Å². The van der Waals surface area contributed by atoms with Gasteiger partial charge in [-0.1, -0.05) is 35.5 Å². The molecule has 62 valence electrons. The third-order valence-corrected chi connectivity index (χ3v) is 1.60. The Hall–Kier alpha value is -1.51. The lowest BCUT2D eigenvalue weighted by Gasteiger charge is -2.00. The number of carbonyl (C=O) groups is 1. The number of carbonyl (C=O) groups excluding carboxylic acids is 1. The van der Waals surface area contributed by atoms with Gasteiger partial charge in [-0.25, -0.2) is 0 Å². The summed E-state index contributed by atoms with van der Waals surface area (Å²) in [5.41, 5.74) is 0.532. The summed E-state index contributed by atoms with van der Waals surface area (Å²) in [6, 6.07) is 7.88. The molecule has 0 N–H and O–H groups in total. The van der Waals surface area contributed by atoms with Gasteiger partial charge in [0, 0.05) is 5.56 Å². The highest BCUT2D eigenvalue weighted by Crippen LogP contribution is 2.04. The smallest absolute Gasteiger partial charge is 0.190 e. The number of benzene rings is 1. The molecule has 0 aliphatic heterocycles. The second kappa shape index (κ2) is 3.76. The lowest BCUT2D eigenvalue weighted by molar-refractivity contribution is 0.0968. The summed E-state index contributed by atoms with van der Waals surface area (Å²) in [4.78, 5) is 21.3. The largest absolute Gasteiger partial charge is 0.292 e. The van der Waals surface area contributed by atoms with Crippen LogP contribution in [-0.2, 0) is 0 Å². The van der Waals surface area contributed by atoms with Crippen molar-refractivity contribution < 1.29 is 4.79 Å². The fraction of sp³-hybridized carbons (Fsp3) is 0.222. The molecule has 0 heterocycles. The molecule has 0 radical (unpaired) electrons. The average Bonchev–Trinajstić information content (AvgIpc) is 2.17. The zero-order chi connectivity index (χ0) is 8.97. The fourth-order valence-corrected chi connectivity index (χ4v) is 0.891. The first-order chi connectivity index (χ1) is 5.75. The van der Waals surface area contributed by atoms with Gasteiger partial charge in [0.05, 0.1) is 0 Å². The third kappa shape index (κ3) is 1.75. The van der Waals surface area contributed by atoms with Crippen molar-refractivity contribution in [2.24, 2.45) is 5.18 Å². The van der Waals surface area contributed by atoms with Crippen LogP contribution >= 0.6 is 0 Å². The van der Waals surface area contributed by atoms with Crippen LogP contribution in [0.4, 0.5) is 0 Å². The predicted octanol–water partition coefficient (Wildman–Crippen LogP) is 2.02. The Morgan fingerprint density at radius 3 is 2.42 bits per heavy atom. The molecule has 0 bridgehead atoms. The lowest BCUT2D eigenvalue weighted by Crippen LogP contribution is -2.13. The molecule has 1 rings (SSSR count). The summed E-state index contributed by atoms with van der Waals surface area (Å²) in [6.45, 7) is 1.49. The molecule has 3 heteroatoms. The number of Topliss-reactive ketones (excluding diaryl/α,β-unsaturated/α-hetero) is 1. The van der Waals surface area contributed by atoms with Crippen LogP contribution in [0.25, 0.3) is 0 Å². The van der Waals surface area contributed by atoms with Crippen molar-refractivity contribution in [3.05, 3.63) is 40.8 Å². The molecule has 0 spiro atoms. The molecule has 0 aromatic heterocycles. The van der Waals surface area contributed by atoms with Crippen molar-refractivity contribution in [3.8, 4) is 0 Å². The molecule has 12 heavy (non-hydrogen) atoms. The molecule has 1 aromatic carbocycles. The Labute approximate surface area is 70.4 Å². The van der Waals surface area contributed by atoms with Gasteiger partial charge in [0.15, 0.2) is 11.8 Å². The van der Waals surface area contributed by atoms with Gasteiger partial charge in [0.25, 0.3) is 0 Å². The van der Waals surface area contributed by atoms with E-state index in [9.17, 15) is 9.70 Å². The van der Waals surface area contributed by atoms with Gasteiger partial charge in [0.1, 0.15) is 0 Å². The van der Waals surface area contributed by atoms with Gasteiger partial charge >= 0.3 is 0 Å². The van der Waals surface area contributed by atoms with E-state index in [1.807, 2.05) is 6.07 Å². The van der Waals surface area contributed by atoms with Gasteiger partial charge in [-0.3, -0.25) is 4.79 Å². The van der Waals surface area contributed by atoms with E-state index in [0.29, 0.717) is 5.56 Å². The van der Waals surface area contributed by atoms with Crippen LogP contribution in [-0.4, -0.2) is 11.8 Å². The minimum Gasteiger partial charge on any atom is -0.292 e. The Bertz CT molecular complexity index is 282. The summed E-state index contributed by atoms with van der Waals surface area (Å²) < 4.78 is 0. The highest BCUT2D eigenvalue weighted by molar-refractivity contribution is 5.99. The molecular weight excluding hydrogens is 154 g/mol. The van der Waals surface area contributed by atoms with E-state index in [1.54, 1.807) is 24.3 Å².